The normalized spacial score (nSPS) is 12.4. The summed E-state index contributed by atoms with van der Waals surface area (Å²) in [6.45, 7) is 7.03. The third kappa shape index (κ3) is 2.90. The molecule has 100 valence electrons. The fraction of sp³-hybridized carbons (Fsp3) is 0.333. The van der Waals surface area contributed by atoms with Gasteiger partial charge in [0.25, 0.3) is 0 Å². The minimum absolute atomic E-state index is 0.0152. The predicted molar refractivity (Wildman–Crippen MR) is 77.9 cm³/mol. The second-order valence-corrected chi connectivity index (χ2v) is 4.68. The van der Waals surface area contributed by atoms with E-state index in [9.17, 15) is 0 Å². The van der Waals surface area contributed by atoms with Gasteiger partial charge in [-0.1, -0.05) is 6.92 Å². The molecule has 0 saturated carbocycles. The maximum atomic E-state index is 6.05. The Hall–Kier alpha value is -1.94. The van der Waals surface area contributed by atoms with E-state index in [0.717, 1.165) is 23.4 Å². The van der Waals surface area contributed by atoms with Gasteiger partial charge in [-0.15, -0.1) is 0 Å². The van der Waals surface area contributed by atoms with E-state index < -0.39 is 0 Å². The van der Waals surface area contributed by atoms with Gasteiger partial charge in [0.2, 0.25) is 0 Å². The minimum Gasteiger partial charge on any atom is -0.383 e. The topological polar surface area (TPSA) is 63.8 Å². The van der Waals surface area contributed by atoms with Crippen molar-refractivity contribution in [1.29, 1.82) is 0 Å². The van der Waals surface area contributed by atoms with Crippen molar-refractivity contribution in [2.45, 2.75) is 26.8 Å². The number of anilines is 1. The molecule has 3 N–H and O–H groups in total. The first-order valence-corrected chi connectivity index (χ1v) is 6.50. The van der Waals surface area contributed by atoms with Crippen molar-refractivity contribution in [2.75, 3.05) is 12.3 Å². The van der Waals surface area contributed by atoms with Gasteiger partial charge in [0, 0.05) is 18.0 Å². The molecule has 0 aliphatic carbocycles. The largest absolute Gasteiger partial charge is 0.383 e. The first-order chi connectivity index (χ1) is 9.13. The number of nitrogen functional groups attached to an aromatic ring is 1. The van der Waals surface area contributed by atoms with E-state index in [1.165, 1.54) is 5.56 Å². The van der Waals surface area contributed by atoms with Gasteiger partial charge < -0.3 is 11.1 Å². The van der Waals surface area contributed by atoms with Crippen LogP contribution in [0.3, 0.4) is 0 Å². The van der Waals surface area contributed by atoms with Gasteiger partial charge in [-0.2, -0.15) is 0 Å². The lowest BCUT2D eigenvalue weighted by Gasteiger charge is -2.21. The van der Waals surface area contributed by atoms with Crippen molar-refractivity contribution < 1.29 is 0 Å². The number of pyridine rings is 2. The Morgan fingerprint density at radius 2 is 1.95 bits per heavy atom. The predicted octanol–water partition coefficient (Wildman–Crippen LogP) is 2.37. The van der Waals surface area contributed by atoms with Gasteiger partial charge >= 0.3 is 0 Å². The highest BCUT2D eigenvalue weighted by Crippen LogP contribution is 2.27. The first-order valence-electron chi connectivity index (χ1n) is 6.50. The Balaban J connectivity index is 2.51. The molecule has 4 heteroatoms. The van der Waals surface area contributed by atoms with Crippen LogP contribution in [0.5, 0.6) is 0 Å². The van der Waals surface area contributed by atoms with Gasteiger partial charge in [-0.3, -0.25) is 4.98 Å². The summed E-state index contributed by atoms with van der Waals surface area (Å²) >= 11 is 0. The quantitative estimate of drug-likeness (QED) is 0.881. The molecule has 0 aliphatic rings. The lowest BCUT2D eigenvalue weighted by molar-refractivity contribution is 0.612. The molecule has 0 amide bonds. The van der Waals surface area contributed by atoms with Crippen LogP contribution in [0.15, 0.2) is 30.6 Å². The lowest BCUT2D eigenvalue weighted by atomic mass is 9.98. The Morgan fingerprint density at radius 3 is 2.58 bits per heavy atom. The van der Waals surface area contributed by atoms with Crippen LogP contribution < -0.4 is 11.1 Å². The Morgan fingerprint density at radius 1 is 1.21 bits per heavy atom. The van der Waals surface area contributed by atoms with Crippen LogP contribution in [-0.4, -0.2) is 16.5 Å². The molecule has 1 unspecified atom stereocenters. The Labute approximate surface area is 114 Å². The summed E-state index contributed by atoms with van der Waals surface area (Å²) in [7, 11) is 0. The lowest BCUT2D eigenvalue weighted by Crippen LogP contribution is -2.25. The van der Waals surface area contributed by atoms with Gasteiger partial charge in [0.05, 0.1) is 11.7 Å². The van der Waals surface area contributed by atoms with Crippen molar-refractivity contribution in [3.63, 3.8) is 0 Å². The third-order valence-electron chi connectivity index (χ3n) is 3.17. The van der Waals surface area contributed by atoms with Gasteiger partial charge in [-0.25, -0.2) is 4.98 Å². The van der Waals surface area contributed by atoms with Crippen LogP contribution in [-0.2, 0) is 0 Å². The van der Waals surface area contributed by atoms with Crippen molar-refractivity contribution in [2.24, 2.45) is 0 Å². The summed E-state index contributed by atoms with van der Waals surface area (Å²) in [5, 5.41) is 3.44. The second kappa shape index (κ2) is 5.80. The number of rotatable bonds is 4. The molecule has 1 atom stereocenters. The summed E-state index contributed by atoms with van der Waals surface area (Å²) in [6.07, 6.45) is 3.57. The van der Waals surface area contributed by atoms with E-state index in [-0.39, 0.29) is 6.04 Å². The van der Waals surface area contributed by atoms with Crippen molar-refractivity contribution in [3.05, 3.63) is 53.0 Å². The van der Waals surface area contributed by atoms with Crippen molar-refractivity contribution in [3.8, 4) is 0 Å². The molecular formula is C15H20N4. The summed E-state index contributed by atoms with van der Waals surface area (Å²) in [4.78, 5) is 8.67. The van der Waals surface area contributed by atoms with Gasteiger partial charge in [0.1, 0.15) is 5.82 Å². The number of nitrogens with two attached hydrogens (primary N) is 1. The molecule has 2 rings (SSSR count). The maximum absolute atomic E-state index is 6.05. The van der Waals surface area contributed by atoms with Crippen molar-refractivity contribution >= 4 is 5.82 Å². The van der Waals surface area contributed by atoms with E-state index in [4.69, 9.17) is 5.73 Å². The second-order valence-electron chi connectivity index (χ2n) is 4.68. The van der Waals surface area contributed by atoms with E-state index in [1.807, 2.05) is 25.3 Å². The number of aryl methyl sites for hydroxylation is 2. The number of nitrogens with zero attached hydrogens (tertiary/aromatic N) is 2. The molecule has 0 fully saturated rings. The summed E-state index contributed by atoms with van der Waals surface area (Å²) in [6, 6.07) is 6.04. The number of hydrogen-bond donors (Lipinski definition) is 2. The fourth-order valence-electron chi connectivity index (χ4n) is 2.24. The standard InChI is InChI=1S/C15H20N4/c1-4-17-14(12-9-10(2)5-7-18-12)13-11(3)6-8-19-15(13)16/h5-9,14,17H,4H2,1-3H3,(H2,16,19). The zero-order valence-electron chi connectivity index (χ0n) is 11.6. The SMILES string of the molecule is CCNC(c1cc(C)ccn1)c1c(C)ccnc1N. The molecule has 2 aromatic rings. The summed E-state index contributed by atoms with van der Waals surface area (Å²) < 4.78 is 0. The van der Waals surface area contributed by atoms with Crippen LogP contribution in [0.25, 0.3) is 0 Å². The minimum atomic E-state index is -0.0152. The van der Waals surface area contributed by atoms with Crippen LogP contribution in [0.1, 0.15) is 35.3 Å². The molecule has 4 nitrogen and oxygen atoms in total. The summed E-state index contributed by atoms with van der Waals surface area (Å²) in [5.74, 6) is 0.564. The van der Waals surface area contributed by atoms with Gasteiger partial charge in [0.15, 0.2) is 0 Å². The average Bonchev–Trinajstić information content (AvgIpc) is 2.37. The van der Waals surface area contributed by atoms with Crippen molar-refractivity contribution in [1.82, 2.24) is 15.3 Å². The molecule has 0 spiro atoms. The monoisotopic (exact) mass is 256 g/mol. The smallest absolute Gasteiger partial charge is 0.128 e. The Kier molecular flexibility index (Phi) is 4.12. The molecule has 2 heterocycles. The number of aromatic nitrogens is 2. The zero-order valence-corrected chi connectivity index (χ0v) is 11.6. The molecule has 2 aromatic heterocycles. The highest BCUT2D eigenvalue weighted by atomic mass is 15.0. The Bertz CT molecular complexity index is 546. The maximum Gasteiger partial charge on any atom is 0.128 e. The number of hydrogen-bond acceptors (Lipinski definition) is 4. The molecule has 0 aliphatic heterocycles. The zero-order chi connectivity index (χ0) is 13.8. The molecule has 19 heavy (non-hydrogen) atoms. The highest BCUT2D eigenvalue weighted by molar-refractivity contribution is 5.49. The molecule has 0 radical (unpaired) electrons. The van der Waals surface area contributed by atoms with Crippen LogP contribution in [0.2, 0.25) is 0 Å². The van der Waals surface area contributed by atoms with Crippen LogP contribution in [0, 0.1) is 13.8 Å². The van der Waals surface area contributed by atoms with E-state index in [1.54, 1.807) is 6.20 Å². The van der Waals surface area contributed by atoms with Crippen LogP contribution >= 0.6 is 0 Å². The van der Waals surface area contributed by atoms with Crippen LogP contribution in [0.4, 0.5) is 5.82 Å². The molecule has 0 saturated heterocycles. The highest BCUT2D eigenvalue weighted by Gasteiger charge is 2.19. The van der Waals surface area contributed by atoms with E-state index in [2.05, 4.69) is 35.2 Å². The molecular weight excluding hydrogens is 236 g/mol. The van der Waals surface area contributed by atoms with E-state index in [0.29, 0.717) is 5.82 Å². The summed E-state index contributed by atoms with van der Waals surface area (Å²) in [5.41, 5.74) is 10.4. The molecule has 0 bridgehead atoms. The fourth-order valence-corrected chi connectivity index (χ4v) is 2.24. The third-order valence-corrected chi connectivity index (χ3v) is 3.17. The molecule has 0 aromatic carbocycles. The first kappa shape index (κ1) is 13.5. The van der Waals surface area contributed by atoms with E-state index >= 15 is 0 Å². The average molecular weight is 256 g/mol. The number of nitrogens with one attached hydrogen (secondary N) is 1. The van der Waals surface area contributed by atoms with Gasteiger partial charge in [-0.05, 0) is 49.7 Å².